The van der Waals surface area contributed by atoms with Gasteiger partial charge in [0.2, 0.25) is 10.0 Å². The van der Waals surface area contributed by atoms with Crippen molar-refractivity contribution in [2.45, 2.75) is 0 Å². The van der Waals surface area contributed by atoms with Crippen LogP contribution in [0.25, 0.3) is 0 Å². The highest BCUT2D eigenvalue weighted by atomic mass is 35.5. The predicted molar refractivity (Wildman–Crippen MR) is 92.3 cm³/mol. The summed E-state index contributed by atoms with van der Waals surface area (Å²) in [6, 6.07) is 8.89. The average molecular weight is 389 g/mol. The molecule has 0 bridgehead atoms. The molecule has 0 aromatic heterocycles. The van der Waals surface area contributed by atoms with Gasteiger partial charge in [0, 0.05) is 6.54 Å². The third-order valence-electron chi connectivity index (χ3n) is 3.29. The lowest BCUT2D eigenvalue weighted by Gasteiger charge is -2.22. The van der Waals surface area contributed by atoms with Crippen molar-refractivity contribution in [3.05, 3.63) is 64.7 Å². The van der Waals surface area contributed by atoms with Gasteiger partial charge in [-0.15, -0.1) is 0 Å². The van der Waals surface area contributed by atoms with Crippen molar-refractivity contribution in [1.82, 2.24) is 5.32 Å². The van der Waals surface area contributed by atoms with Gasteiger partial charge in [0.1, 0.15) is 11.6 Å². The summed E-state index contributed by atoms with van der Waals surface area (Å²) in [5.74, 6) is -2.14. The van der Waals surface area contributed by atoms with Gasteiger partial charge in [-0.25, -0.2) is 17.2 Å². The van der Waals surface area contributed by atoms with Gasteiger partial charge in [-0.3, -0.25) is 9.10 Å². The first-order valence-electron chi connectivity index (χ1n) is 7.15. The van der Waals surface area contributed by atoms with Gasteiger partial charge < -0.3 is 5.32 Å². The van der Waals surface area contributed by atoms with Crippen LogP contribution >= 0.6 is 11.6 Å². The summed E-state index contributed by atoms with van der Waals surface area (Å²) in [7, 11) is -3.70. The third kappa shape index (κ3) is 4.90. The summed E-state index contributed by atoms with van der Waals surface area (Å²) in [5.41, 5.74) is -0.193. The lowest BCUT2D eigenvalue weighted by Crippen LogP contribution is -2.38. The Morgan fingerprint density at radius 3 is 2.48 bits per heavy atom. The molecule has 1 amide bonds. The summed E-state index contributed by atoms with van der Waals surface area (Å²) >= 11 is 5.80. The van der Waals surface area contributed by atoms with Gasteiger partial charge in [0.05, 0.1) is 29.1 Å². The summed E-state index contributed by atoms with van der Waals surface area (Å²) in [6.07, 6.45) is 0.966. The number of sulfonamides is 1. The number of halogens is 3. The molecule has 0 heterocycles. The van der Waals surface area contributed by atoms with E-state index in [9.17, 15) is 22.0 Å². The number of benzene rings is 2. The summed E-state index contributed by atoms with van der Waals surface area (Å²) in [5, 5.41) is 2.35. The van der Waals surface area contributed by atoms with Crippen LogP contribution in [0.2, 0.25) is 5.02 Å². The molecule has 0 aliphatic rings. The smallest absolute Gasteiger partial charge is 0.255 e. The monoisotopic (exact) mass is 388 g/mol. The molecular weight excluding hydrogens is 374 g/mol. The van der Waals surface area contributed by atoms with Gasteiger partial charge in [-0.2, -0.15) is 0 Å². The Balaban J connectivity index is 2.11. The molecule has 0 aliphatic carbocycles. The van der Waals surface area contributed by atoms with Crippen LogP contribution < -0.4 is 9.62 Å². The van der Waals surface area contributed by atoms with Gasteiger partial charge in [0.25, 0.3) is 5.91 Å². The van der Waals surface area contributed by atoms with Crippen LogP contribution in [0.5, 0.6) is 0 Å². The van der Waals surface area contributed by atoms with Crippen LogP contribution in [-0.2, 0) is 10.0 Å². The Morgan fingerprint density at radius 2 is 1.88 bits per heavy atom. The molecule has 2 aromatic carbocycles. The first kappa shape index (κ1) is 19.1. The maximum absolute atomic E-state index is 13.7. The molecule has 0 unspecified atom stereocenters. The van der Waals surface area contributed by atoms with E-state index in [-0.39, 0.29) is 29.4 Å². The van der Waals surface area contributed by atoms with Gasteiger partial charge in [-0.05, 0) is 30.3 Å². The van der Waals surface area contributed by atoms with Gasteiger partial charge in [0.15, 0.2) is 0 Å². The number of hydrogen-bond donors (Lipinski definition) is 1. The van der Waals surface area contributed by atoms with E-state index in [4.69, 9.17) is 11.6 Å². The van der Waals surface area contributed by atoms with Gasteiger partial charge >= 0.3 is 0 Å². The van der Waals surface area contributed by atoms with E-state index in [1.165, 1.54) is 30.3 Å². The number of nitrogens with one attached hydrogen (secondary N) is 1. The molecule has 2 rings (SSSR count). The van der Waals surface area contributed by atoms with E-state index in [0.717, 1.165) is 22.7 Å². The Labute approximate surface area is 149 Å². The van der Waals surface area contributed by atoms with Crippen molar-refractivity contribution in [1.29, 1.82) is 0 Å². The molecule has 0 saturated heterocycles. The van der Waals surface area contributed by atoms with E-state index < -0.39 is 27.6 Å². The normalized spacial score (nSPS) is 11.2. The van der Waals surface area contributed by atoms with E-state index in [1.54, 1.807) is 0 Å². The topological polar surface area (TPSA) is 66.5 Å². The maximum atomic E-state index is 13.7. The molecule has 25 heavy (non-hydrogen) atoms. The van der Waals surface area contributed by atoms with Crippen molar-refractivity contribution in [3.8, 4) is 0 Å². The zero-order chi connectivity index (χ0) is 18.6. The Kier molecular flexibility index (Phi) is 5.97. The number of hydrogen-bond acceptors (Lipinski definition) is 3. The van der Waals surface area contributed by atoms with Crippen LogP contribution in [0, 0.1) is 11.6 Å². The van der Waals surface area contributed by atoms with E-state index in [1.807, 2.05) is 0 Å². The average Bonchev–Trinajstić information content (AvgIpc) is 2.50. The van der Waals surface area contributed by atoms with Crippen LogP contribution in [0.4, 0.5) is 14.5 Å². The minimum atomic E-state index is -3.70. The van der Waals surface area contributed by atoms with Crippen molar-refractivity contribution >= 4 is 33.2 Å². The fraction of sp³-hybridized carbons (Fsp3) is 0.188. The zero-order valence-electron chi connectivity index (χ0n) is 13.2. The summed E-state index contributed by atoms with van der Waals surface area (Å²) < 4.78 is 51.8. The summed E-state index contributed by atoms with van der Waals surface area (Å²) in [6.45, 7) is -0.271. The third-order valence-corrected chi connectivity index (χ3v) is 4.80. The zero-order valence-corrected chi connectivity index (χ0v) is 14.7. The molecule has 1 N–H and O–H groups in total. The lowest BCUT2D eigenvalue weighted by molar-refractivity contribution is 0.0951. The van der Waals surface area contributed by atoms with Crippen LogP contribution in [0.15, 0.2) is 42.5 Å². The molecule has 2 aromatic rings. The second-order valence-electron chi connectivity index (χ2n) is 5.17. The number of carbonyl (C=O) groups is 1. The van der Waals surface area contributed by atoms with E-state index >= 15 is 0 Å². The largest absolute Gasteiger partial charge is 0.350 e. The maximum Gasteiger partial charge on any atom is 0.255 e. The minimum Gasteiger partial charge on any atom is -0.350 e. The van der Waals surface area contributed by atoms with Crippen molar-refractivity contribution in [2.24, 2.45) is 0 Å². The number of anilines is 1. The molecule has 0 aliphatic heterocycles. The van der Waals surface area contributed by atoms with E-state index in [2.05, 4.69) is 5.32 Å². The quantitative estimate of drug-likeness (QED) is 0.827. The van der Waals surface area contributed by atoms with Crippen LogP contribution in [0.3, 0.4) is 0 Å². The molecule has 134 valence electrons. The van der Waals surface area contributed by atoms with Crippen molar-refractivity contribution in [2.75, 3.05) is 23.7 Å². The summed E-state index contributed by atoms with van der Waals surface area (Å²) in [4.78, 5) is 12.0. The molecule has 5 nitrogen and oxygen atoms in total. The van der Waals surface area contributed by atoms with E-state index in [0.29, 0.717) is 0 Å². The molecule has 0 spiro atoms. The van der Waals surface area contributed by atoms with Gasteiger partial charge in [-0.1, -0.05) is 23.7 Å². The van der Waals surface area contributed by atoms with Crippen LogP contribution in [-0.4, -0.2) is 33.7 Å². The highest BCUT2D eigenvalue weighted by Crippen LogP contribution is 2.19. The molecule has 0 saturated carbocycles. The Morgan fingerprint density at radius 1 is 1.20 bits per heavy atom. The highest BCUT2D eigenvalue weighted by molar-refractivity contribution is 7.92. The second kappa shape index (κ2) is 7.79. The fourth-order valence-corrected chi connectivity index (χ4v) is 3.36. The van der Waals surface area contributed by atoms with Crippen molar-refractivity contribution in [3.63, 3.8) is 0 Å². The first-order chi connectivity index (χ1) is 11.7. The molecule has 0 fully saturated rings. The Hall–Kier alpha value is -2.19. The fourth-order valence-electron chi connectivity index (χ4n) is 2.19. The highest BCUT2D eigenvalue weighted by Gasteiger charge is 2.19. The predicted octanol–water partition coefficient (Wildman–Crippen LogP) is 2.81. The number of amides is 1. The molecule has 0 radical (unpaired) electrons. The van der Waals surface area contributed by atoms with Crippen LogP contribution in [0.1, 0.15) is 10.4 Å². The first-order valence-corrected chi connectivity index (χ1v) is 9.38. The minimum absolute atomic E-state index is 0.0531. The standard InChI is InChI=1S/C16H15ClF2N2O3S/c1-25(23,24)21(12-5-2-4-11(18)10-12)9-8-20-16(22)15-13(17)6-3-7-14(15)19/h2-7,10H,8-9H2,1H3,(H,20,22). The van der Waals surface area contributed by atoms with Crippen molar-refractivity contribution < 1.29 is 22.0 Å². The number of carbonyl (C=O) groups excluding carboxylic acids is 1. The SMILES string of the molecule is CS(=O)(=O)N(CCNC(=O)c1c(F)cccc1Cl)c1cccc(F)c1. The molecule has 9 heteroatoms. The Bertz CT molecular complexity index is 870. The number of nitrogens with zero attached hydrogens (tertiary/aromatic N) is 1. The second-order valence-corrected chi connectivity index (χ2v) is 7.48. The lowest BCUT2D eigenvalue weighted by atomic mass is 10.2. The molecular formula is C16H15ClF2N2O3S. The molecule has 0 atom stereocenters. The number of rotatable bonds is 6.